The van der Waals surface area contributed by atoms with Crippen LogP contribution >= 0.6 is 0 Å². The number of aromatic nitrogens is 1. The summed E-state index contributed by atoms with van der Waals surface area (Å²) in [5.74, 6) is 0.757. The number of carbonyl (C=O) groups is 1. The van der Waals surface area contributed by atoms with Gasteiger partial charge >= 0.3 is 0 Å². The lowest BCUT2D eigenvalue weighted by molar-refractivity contribution is 0.1000. The minimum atomic E-state index is -0.487. The lowest BCUT2D eigenvalue weighted by Crippen LogP contribution is -2.31. The highest BCUT2D eigenvalue weighted by Crippen LogP contribution is 2.35. The molecule has 2 aliphatic rings. The fourth-order valence-electron chi connectivity index (χ4n) is 4.27. The summed E-state index contributed by atoms with van der Waals surface area (Å²) in [6.07, 6.45) is 11.8. The number of aryl methyl sites for hydroxylation is 1. The molecule has 1 atom stereocenters. The number of nitrogens with two attached hydrogens (primary N) is 1. The zero-order chi connectivity index (χ0) is 18.6. The summed E-state index contributed by atoms with van der Waals surface area (Å²) in [6, 6.07) is 10.7. The van der Waals surface area contributed by atoms with Crippen molar-refractivity contribution in [2.45, 2.75) is 63.5 Å². The van der Waals surface area contributed by atoms with Crippen LogP contribution in [-0.2, 0) is 6.42 Å². The second-order valence-corrected chi connectivity index (χ2v) is 7.66. The highest BCUT2D eigenvalue weighted by Gasteiger charge is 2.25. The van der Waals surface area contributed by atoms with E-state index in [0.29, 0.717) is 23.5 Å². The first-order valence-electron chi connectivity index (χ1n) is 10.0. The van der Waals surface area contributed by atoms with E-state index in [9.17, 15) is 4.79 Å². The fraction of sp³-hybridized carbons (Fsp3) is 0.455. The van der Waals surface area contributed by atoms with Gasteiger partial charge in [0.05, 0.1) is 5.56 Å². The Balaban J connectivity index is 1.42. The molecule has 27 heavy (non-hydrogen) atoms. The molecule has 1 aromatic carbocycles. The number of hydrogen-bond donors (Lipinski definition) is 2. The molecule has 1 heterocycles. The van der Waals surface area contributed by atoms with Gasteiger partial charge in [0.25, 0.3) is 0 Å². The van der Waals surface area contributed by atoms with Crippen molar-refractivity contribution in [3.05, 3.63) is 53.2 Å². The summed E-state index contributed by atoms with van der Waals surface area (Å²) in [5.41, 5.74) is 8.38. The number of hydrogen-bond acceptors (Lipinski definition) is 4. The van der Waals surface area contributed by atoms with E-state index in [0.717, 1.165) is 18.6 Å². The lowest BCUT2D eigenvalue weighted by Gasteiger charge is -2.22. The van der Waals surface area contributed by atoms with Crippen LogP contribution in [-0.4, -0.2) is 16.9 Å². The molecule has 5 nitrogen and oxygen atoms in total. The molecule has 2 aromatic rings. The maximum absolute atomic E-state index is 11.1. The van der Waals surface area contributed by atoms with Crippen LogP contribution in [0.25, 0.3) is 0 Å². The van der Waals surface area contributed by atoms with Gasteiger partial charge in [0.15, 0.2) is 0 Å². The largest absolute Gasteiger partial charge is 0.439 e. The number of amides is 1. The Kier molecular flexibility index (Phi) is 5.39. The van der Waals surface area contributed by atoms with E-state index in [2.05, 4.69) is 22.4 Å². The van der Waals surface area contributed by atoms with Crippen LogP contribution in [0.4, 0.5) is 0 Å². The van der Waals surface area contributed by atoms with Gasteiger partial charge in [0.2, 0.25) is 11.8 Å². The second-order valence-electron chi connectivity index (χ2n) is 7.66. The first kappa shape index (κ1) is 18.0. The molecule has 1 saturated carbocycles. The van der Waals surface area contributed by atoms with Gasteiger partial charge in [0.1, 0.15) is 5.75 Å². The molecular weight excluding hydrogens is 338 g/mol. The number of benzene rings is 1. The minimum absolute atomic E-state index is 0.378. The molecule has 0 bridgehead atoms. The van der Waals surface area contributed by atoms with Crippen molar-refractivity contribution >= 4 is 5.91 Å². The Hall–Kier alpha value is -2.40. The summed E-state index contributed by atoms with van der Waals surface area (Å²) >= 11 is 0. The number of ether oxygens (including phenoxy) is 1. The van der Waals surface area contributed by atoms with Crippen molar-refractivity contribution in [3.8, 4) is 11.6 Å². The van der Waals surface area contributed by atoms with Crippen molar-refractivity contribution in [1.82, 2.24) is 10.3 Å². The van der Waals surface area contributed by atoms with Gasteiger partial charge in [-0.2, -0.15) is 0 Å². The lowest BCUT2D eigenvalue weighted by atomic mass is 10.0. The smallest absolute Gasteiger partial charge is 0.250 e. The molecular formula is C22H27N3O2. The topological polar surface area (TPSA) is 77.2 Å². The molecule has 1 amide bonds. The first-order valence-corrected chi connectivity index (χ1v) is 10.0. The zero-order valence-electron chi connectivity index (χ0n) is 15.6. The summed E-state index contributed by atoms with van der Waals surface area (Å²) < 4.78 is 5.86. The van der Waals surface area contributed by atoms with Crippen molar-refractivity contribution in [2.24, 2.45) is 5.73 Å². The zero-order valence-corrected chi connectivity index (χ0v) is 15.6. The molecule has 0 aliphatic heterocycles. The average molecular weight is 365 g/mol. The maximum atomic E-state index is 11.1. The quantitative estimate of drug-likeness (QED) is 0.776. The van der Waals surface area contributed by atoms with Gasteiger partial charge in [-0.25, -0.2) is 4.98 Å². The van der Waals surface area contributed by atoms with Crippen LogP contribution < -0.4 is 15.8 Å². The Morgan fingerprint density at radius 1 is 1.07 bits per heavy atom. The average Bonchev–Trinajstić information content (AvgIpc) is 2.88. The van der Waals surface area contributed by atoms with Gasteiger partial charge in [-0.15, -0.1) is 0 Å². The van der Waals surface area contributed by atoms with E-state index in [1.807, 2.05) is 6.07 Å². The highest BCUT2D eigenvalue weighted by atomic mass is 16.5. The molecule has 142 valence electrons. The van der Waals surface area contributed by atoms with Crippen LogP contribution in [0.5, 0.6) is 11.6 Å². The molecule has 1 fully saturated rings. The predicted molar refractivity (Wildman–Crippen MR) is 105 cm³/mol. The third-order valence-corrected chi connectivity index (χ3v) is 5.73. The number of carbonyl (C=O) groups excluding carboxylic acids is 1. The Bertz CT molecular complexity index is 796. The summed E-state index contributed by atoms with van der Waals surface area (Å²) in [5, 5.41) is 3.90. The Morgan fingerprint density at radius 2 is 1.89 bits per heavy atom. The molecule has 5 heteroatoms. The molecule has 3 N–H and O–H groups in total. The van der Waals surface area contributed by atoms with E-state index in [4.69, 9.17) is 10.5 Å². The predicted octanol–water partition coefficient (Wildman–Crippen LogP) is 4.27. The van der Waals surface area contributed by atoms with Gasteiger partial charge in [-0.05, 0) is 55.0 Å². The fourth-order valence-corrected chi connectivity index (χ4v) is 4.27. The third-order valence-electron chi connectivity index (χ3n) is 5.73. The van der Waals surface area contributed by atoms with Crippen molar-refractivity contribution in [1.29, 1.82) is 0 Å². The van der Waals surface area contributed by atoms with Crippen LogP contribution in [0.15, 0.2) is 36.5 Å². The monoisotopic (exact) mass is 365 g/mol. The van der Waals surface area contributed by atoms with Crippen LogP contribution in [0.2, 0.25) is 0 Å². The molecule has 2 aliphatic carbocycles. The Morgan fingerprint density at radius 3 is 2.59 bits per heavy atom. The summed E-state index contributed by atoms with van der Waals surface area (Å²) in [7, 11) is 0. The number of primary amides is 1. The molecule has 4 rings (SSSR count). The van der Waals surface area contributed by atoms with Crippen molar-refractivity contribution in [3.63, 3.8) is 0 Å². The van der Waals surface area contributed by atoms with Gasteiger partial charge in [-0.3, -0.25) is 4.79 Å². The minimum Gasteiger partial charge on any atom is -0.439 e. The Labute approximate surface area is 160 Å². The SMILES string of the molecule is NC(=O)c1ccc(Oc2ccc3c(c2)CCC3NC2CCCCCC2)nc1. The van der Waals surface area contributed by atoms with Gasteiger partial charge in [-0.1, -0.05) is 31.7 Å². The van der Waals surface area contributed by atoms with Gasteiger partial charge < -0.3 is 15.8 Å². The molecule has 1 aromatic heterocycles. The first-order chi connectivity index (χ1) is 13.2. The molecule has 1 unspecified atom stereocenters. The van der Waals surface area contributed by atoms with Gasteiger partial charge in [0, 0.05) is 24.3 Å². The van der Waals surface area contributed by atoms with E-state index in [1.165, 1.54) is 55.8 Å². The number of nitrogens with zero attached hydrogens (tertiary/aromatic N) is 1. The van der Waals surface area contributed by atoms with Crippen molar-refractivity contribution in [2.75, 3.05) is 0 Å². The normalized spacial score (nSPS) is 20.1. The van der Waals surface area contributed by atoms with E-state index in [1.54, 1.807) is 12.1 Å². The molecule has 0 radical (unpaired) electrons. The number of pyridine rings is 1. The van der Waals surface area contributed by atoms with E-state index < -0.39 is 5.91 Å². The number of rotatable bonds is 5. The van der Waals surface area contributed by atoms with Crippen LogP contribution in [0.3, 0.4) is 0 Å². The third kappa shape index (κ3) is 4.30. The summed E-state index contributed by atoms with van der Waals surface area (Å²) in [4.78, 5) is 15.3. The van der Waals surface area contributed by atoms with Crippen LogP contribution in [0.1, 0.15) is 72.5 Å². The summed E-state index contributed by atoms with van der Waals surface area (Å²) in [6.45, 7) is 0. The highest BCUT2D eigenvalue weighted by molar-refractivity contribution is 5.92. The van der Waals surface area contributed by atoms with E-state index >= 15 is 0 Å². The van der Waals surface area contributed by atoms with E-state index in [-0.39, 0.29) is 0 Å². The molecule has 0 spiro atoms. The molecule has 0 saturated heterocycles. The number of nitrogens with one attached hydrogen (secondary N) is 1. The number of fused-ring (bicyclic) bond motifs is 1. The van der Waals surface area contributed by atoms with Crippen LogP contribution in [0, 0.1) is 0 Å². The second kappa shape index (κ2) is 8.09. The van der Waals surface area contributed by atoms with Crippen molar-refractivity contribution < 1.29 is 9.53 Å². The maximum Gasteiger partial charge on any atom is 0.250 e. The standard InChI is InChI=1S/C22H27N3O2/c23-22(26)16-8-12-21(24-14-16)27-18-9-10-19-15(13-18)7-11-20(19)25-17-5-3-1-2-4-6-17/h8-10,12-14,17,20,25H,1-7,11H2,(H2,23,26).